The van der Waals surface area contributed by atoms with Crippen molar-refractivity contribution in [2.24, 2.45) is 5.73 Å². The lowest BCUT2D eigenvalue weighted by Crippen LogP contribution is -2.36. The number of pyridine rings is 1. The van der Waals surface area contributed by atoms with E-state index in [4.69, 9.17) is 5.73 Å². The summed E-state index contributed by atoms with van der Waals surface area (Å²) >= 11 is 0. The first-order chi connectivity index (χ1) is 10.5. The first-order valence-corrected chi connectivity index (χ1v) is 7.65. The molecule has 0 amide bonds. The first kappa shape index (κ1) is 16.5. The van der Waals surface area contributed by atoms with Crippen molar-refractivity contribution in [2.75, 3.05) is 32.6 Å². The summed E-state index contributed by atoms with van der Waals surface area (Å²) in [6.45, 7) is 1.66. The molecule has 118 valence electrons. The van der Waals surface area contributed by atoms with E-state index in [-0.39, 0.29) is 6.04 Å². The third-order valence-corrected chi connectivity index (χ3v) is 3.64. The molecule has 0 saturated carbocycles. The number of rotatable bonds is 7. The van der Waals surface area contributed by atoms with Gasteiger partial charge in [-0.1, -0.05) is 30.3 Å². The van der Waals surface area contributed by atoms with E-state index in [0.29, 0.717) is 0 Å². The molecule has 4 nitrogen and oxygen atoms in total. The lowest BCUT2D eigenvalue weighted by atomic mass is 10.1. The molecule has 2 N–H and O–H groups in total. The Morgan fingerprint density at radius 3 is 2.50 bits per heavy atom. The second kappa shape index (κ2) is 7.92. The fraction of sp³-hybridized carbons (Fsp3) is 0.389. The second-order valence-corrected chi connectivity index (χ2v) is 6.05. The van der Waals surface area contributed by atoms with Crippen LogP contribution in [0.1, 0.15) is 11.3 Å². The summed E-state index contributed by atoms with van der Waals surface area (Å²) in [5, 5.41) is 0. The molecule has 4 heteroatoms. The van der Waals surface area contributed by atoms with Crippen molar-refractivity contribution in [1.29, 1.82) is 0 Å². The summed E-state index contributed by atoms with van der Waals surface area (Å²) in [4.78, 5) is 8.77. The Morgan fingerprint density at radius 1 is 1.09 bits per heavy atom. The maximum absolute atomic E-state index is 6.27. The Kier molecular flexibility index (Phi) is 5.92. The van der Waals surface area contributed by atoms with Gasteiger partial charge in [-0.2, -0.15) is 0 Å². The van der Waals surface area contributed by atoms with Crippen molar-refractivity contribution in [3.63, 3.8) is 0 Å². The zero-order valence-corrected chi connectivity index (χ0v) is 13.7. The molecule has 0 spiro atoms. The highest BCUT2D eigenvalue weighted by molar-refractivity contribution is 5.44. The molecular formula is C18H26N4. The van der Waals surface area contributed by atoms with Crippen molar-refractivity contribution < 1.29 is 0 Å². The van der Waals surface area contributed by atoms with Gasteiger partial charge in [0.1, 0.15) is 0 Å². The highest BCUT2D eigenvalue weighted by Crippen LogP contribution is 2.12. The molecule has 0 aliphatic heterocycles. The van der Waals surface area contributed by atoms with Crippen LogP contribution in [0.3, 0.4) is 0 Å². The average molecular weight is 298 g/mol. The van der Waals surface area contributed by atoms with E-state index in [9.17, 15) is 0 Å². The minimum Gasteiger partial charge on any atom is -0.378 e. The Labute approximate surface area is 133 Å². The molecular weight excluding hydrogens is 272 g/mol. The number of nitrogens with zero attached hydrogens (tertiary/aromatic N) is 3. The molecule has 0 aliphatic rings. The van der Waals surface area contributed by atoms with Gasteiger partial charge in [-0.3, -0.25) is 9.88 Å². The number of nitrogens with two attached hydrogens (primary N) is 1. The largest absolute Gasteiger partial charge is 0.378 e. The number of aromatic nitrogens is 1. The quantitative estimate of drug-likeness (QED) is 0.851. The Bertz CT molecular complexity index is 568. The van der Waals surface area contributed by atoms with Crippen molar-refractivity contribution in [1.82, 2.24) is 9.88 Å². The third-order valence-electron chi connectivity index (χ3n) is 3.64. The number of hydrogen-bond acceptors (Lipinski definition) is 4. The number of benzene rings is 1. The number of likely N-dealkylation sites (N-methyl/N-ethyl adjacent to an activating group) is 1. The van der Waals surface area contributed by atoms with Gasteiger partial charge in [-0.15, -0.1) is 0 Å². The van der Waals surface area contributed by atoms with E-state index in [1.54, 1.807) is 0 Å². The Balaban J connectivity index is 1.87. The first-order valence-electron chi connectivity index (χ1n) is 7.65. The van der Waals surface area contributed by atoms with Crippen LogP contribution in [0.5, 0.6) is 0 Å². The smallest absolute Gasteiger partial charge is 0.0564 e. The van der Waals surface area contributed by atoms with Gasteiger partial charge in [0.15, 0.2) is 0 Å². The van der Waals surface area contributed by atoms with Crippen molar-refractivity contribution in [3.8, 4) is 0 Å². The van der Waals surface area contributed by atoms with Gasteiger partial charge in [0.05, 0.1) is 5.69 Å². The molecule has 22 heavy (non-hydrogen) atoms. The minimum absolute atomic E-state index is 0.129. The number of hydrogen-bond donors (Lipinski definition) is 1. The van der Waals surface area contributed by atoms with E-state index in [1.165, 1.54) is 11.3 Å². The van der Waals surface area contributed by atoms with Crippen LogP contribution < -0.4 is 10.6 Å². The highest BCUT2D eigenvalue weighted by atomic mass is 15.1. The molecule has 1 aromatic carbocycles. The summed E-state index contributed by atoms with van der Waals surface area (Å²) in [5.41, 5.74) is 9.80. The summed E-state index contributed by atoms with van der Waals surface area (Å²) < 4.78 is 0. The topological polar surface area (TPSA) is 45.4 Å². The van der Waals surface area contributed by atoms with E-state index in [0.717, 1.165) is 25.2 Å². The molecule has 1 aromatic heterocycles. The molecule has 1 heterocycles. The van der Waals surface area contributed by atoms with Crippen molar-refractivity contribution in [2.45, 2.75) is 19.0 Å². The SMILES string of the molecule is CN(Cc1cc(N(C)C)ccn1)C[C@@H](N)Cc1ccccc1. The van der Waals surface area contributed by atoms with Gasteiger partial charge in [0, 0.05) is 45.1 Å². The minimum atomic E-state index is 0.129. The maximum Gasteiger partial charge on any atom is 0.0564 e. The van der Waals surface area contributed by atoms with Crippen LogP contribution in [0.25, 0.3) is 0 Å². The fourth-order valence-electron chi connectivity index (χ4n) is 2.55. The predicted molar refractivity (Wildman–Crippen MR) is 93.0 cm³/mol. The zero-order chi connectivity index (χ0) is 15.9. The van der Waals surface area contributed by atoms with Crippen LogP contribution in [-0.2, 0) is 13.0 Å². The van der Waals surface area contributed by atoms with Crippen LogP contribution in [0.4, 0.5) is 5.69 Å². The van der Waals surface area contributed by atoms with E-state index in [1.807, 2.05) is 32.4 Å². The summed E-state index contributed by atoms with van der Waals surface area (Å²) in [5.74, 6) is 0. The van der Waals surface area contributed by atoms with Gasteiger partial charge in [-0.25, -0.2) is 0 Å². The van der Waals surface area contributed by atoms with Crippen molar-refractivity contribution in [3.05, 3.63) is 59.9 Å². The van der Waals surface area contributed by atoms with Crippen LogP contribution in [0.15, 0.2) is 48.7 Å². The summed E-state index contributed by atoms with van der Waals surface area (Å²) in [6, 6.07) is 14.7. The fourth-order valence-corrected chi connectivity index (χ4v) is 2.55. The average Bonchev–Trinajstić information content (AvgIpc) is 2.48. The van der Waals surface area contributed by atoms with Crippen LogP contribution in [0.2, 0.25) is 0 Å². The van der Waals surface area contributed by atoms with Gasteiger partial charge < -0.3 is 10.6 Å². The normalized spacial score (nSPS) is 12.4. The lowest BCUT2D eigenvalue weighted by Gasteiger charge is -2.21. The van der Waals surface area contributed by atoms with Crippen molar-refractivity contribution >= 4 is 5.69 Å². The zero-order valence-electron chi connectivity index (χ0n) is 13.7. The molecule has 0 radical (unpaired) electrons. The molecule has 0 bridgehead atoms. The van der Waals surface area contributed by atoms with E-state index < -0.39 is 0 Å². The molecule has 2 rings (SSSR count). The predicted octanol–water partition coefficient (Wildman–Crippen LogP) is 2.15. The summed E-state index contributed by atoms with van der Waals surface area (Å²) in [6.07, 6.45) is 2.76. The van der Waals surface area contributed by atoms with Crippen LogP contribution in [-0.4, -0.2) is 43.6 Å². The maximum atomic E-state index is 6.27. The van der Waals surface area contributed by atoms with E-state index in [2.05, 4.69) is 52.2 Å². The molecule has 0 saturated heterocycles. The molecule has 0 unspecified atom stereocenters. The molecule has 1 atom stereocenters. The second-order valence-electron chi connectivity index (χ2n) is 6.05. The van der Waals surface area contributed by atoms with Gasteiger partial charge >= 0.3 is 0 Å². The standard InChI is InChI=1S/C18H26N4/c1-21(2)18-9-10-20-17(12-18)14-22(3)13-16(19)11-15-7-5-4-6-8-15/h4-10,12,16H,11,13-14,19H2,1-3H3/t16-/m0/s1. The van der Waals surface area contributed by atoms with Gasteiger partial charge in [0.2, 0.25) is 0 Å². The molecule has 2 aromatic rings. The van der Waals surface area contributed by atoms with Crippen LogP contribution in [0, 0.1) is 0 Å². The summed E-state index contributed by atoms with van der Waals surface area (Å²) in [7, 11) is 6.17. The highest BCUT2D eigenvalue weighted by Gasteiger charge is 2.09. The van der Waals surface area contributed by atoms with E-state index >= 15 is 0 Å². The van der Waals surface area contributed by atoms with Gasteiger partial charge in [-0.05, 0) is 31.2 Å². The Morgan fingerprint density at radius 2 is 1.82 bits per heavy atom. The molecule has 0 aliphatic carbocycles. The lowest BCUT2D eigenvalue weighted by molar-refractivity contribution is 0.299. The number of anilines is 1. The Hall–Kier alpha value is -1.91. The molecule has 0 fully saturated rings. The third kappa shape index (κ3) is 5.13. The monoisotopic (exact) mass is 298 g/mol. The van der Waals surface area contributed by atoms with Gasteiger partial charge in [0.25, 0.3) is 0 Å². The van der Waals surface area contributed by atoms with Crippen LogP contribution >= 0.6 is 0 Å².